The third kappa shape index (κ3) is 8.10. The molecule has 0 bridgehead atoms. The summed E-state index contributed by atoms with van der Waals surface area (Å²) in [7, 11) is -1.39. The second-order valence-electron chi connectivity index (χ2n) is 7.56. The van der Waals surface area contributed by atoms with Crippen LogP contribution in [0.15, 0.2) is 83.8 Å². The number of sulfonamides is 1. The zero-order valence-corrected chi connectivity index (χ0v) is 21.1. The lowest BCUT2D eigenvalue weighted by atomic mass is 10.2. The highest BCUT2D eigenvalue weighted by Gasteiger charge is 2.26. The van der Waals surface area contributed by atoms with E-state index in [1.54, 1.807) is 36.4 Å². The molecule has 0 radical (unpaired) electrons. The average molecular weight is 523 g/mol. The van der Waals surface area contributed by atoms with Crippen LogP contribution in [-0.4, -0.2) is 47.2 Å². The summed E-state index contributed by atoms with van der Waals surface area (Å²) in [4.78, 5) is 24.5. The minimum Gasteiger partial charge on any atom is -0.497 e. The molecule has 1 unspecified atom stereocenters. The van der Waals surface area contributed by atoms with E-state index in [-0.39, 0.29) is 23.8 Å². The minimum absolute atomic E-state index is 0.0777. The number of anilines is 1. The molecule has 3 aromatic rings. The summed E-state index contributed by atoms with van der Waals surface area (Å²) in [5.41, 5.74) is 0.809. The van der Waals surface area contributed by atoms with Crippen molar-refractivity contribution in [3.8, 4) is 23.3 Å². The summed E-state index contributed by atoms with van der Waals surface area (Å²) in [6.07, 6.45) is -0.111. The Bertz CT molecular complexity index is 1360. The Hall–Kier alpha value is -4.33. The fourth-order valence-electron chi connectivity index (χ4n) is 3.10. The lowest BCUT2D eigenvalue weighted by molar-refractivity contribution is -0.142. The first kappa shape index (κ1) is 27.3. The lowest BCUT2D eigenvalue weighted by Gasteiger charge is -2.15. The van der Waals surface area contributed by atoms with Gasteiger partial charge in [-0.1, -0.05) is 30.0 Å². The summed E-state index contributed by atoms with van der Waals surface area (Å²) in [5, 5.41) is 2.69. The van der Waals surface area contributed by atoms with Gasteiger partial charge in [0, 0.05) is 17.7 Å². The second-order valence-corrected chi connectivity index (χ2v) is 9.28. The van der Waals surface area contributed by atoms with Gasteiger partial charge in [0.05, 0.1) is 19.1 Å². The van der Waals surface area contributed by atoms with E-state index in [1.165, 1.54) is 31.4 Å². The largest absolute Gasteiger partial charge is 0.497 e. The second kappa shape index (κ2) is 13.1. The van der Waals surface area contributed by atoms with E-state index in [9.17, 15) is 18.0 Å². The van der Waals surface area contributed by atoms with Crippen LogP contribution in [0.3, 0.4) is 0 Å². The standard InChI is InChI=1S/C27H26N2O7S/c1-34-22-15-11-20(12-16-22)26(30)28-21-13-17-24(18-14-21)37(32,33)29-25(27(31)35-2)10-6-7-19-36-23-8-4-3-5-9-23/h3-5,8-9,11-18,25,29H,10,19H2,1-2H3,(H,28,30). The van der Waals surface area contributed by atoms with Crippen molar-refractivity contribution in [1.29, 1.82) is 0 Å². The van der Waals surface area contributed by atoms with Crippen molar-refractivity contribution in [1.82, 2.24) is 4.72 Å². The van der Waals surface area contributed by atoms with Gasteiger partial charge in [0.2, 0.25) is 10.0 Å². The Labute approximate surface area is 215 Å². The number of amides is 1. The van der Waals surface area contributed by atoms with E-state index >= 15 is 0 Å². The van der Waals surface area contributed by atoms with E-state index in [4.69, 9.17) is 14.2 Å². The number of nitrogens with one attached hydrogen (secondary N) is 2. The molecule has 37 heavy (non-hydrogen) atoms. The molecule has 0 aliphatic rings. The molecule has 9 nitrogen and oxygen atoms in total. The van der Waals surface area contributed by atoms with Crippen molar-refractivity contribution in [3.05, 3.63) is 84.4 Å². The molecule has 1 amide bonds. The molecular formula is C27H26N2O7S. The molecule has 192 valence electrons. The molecule has 1 atom stereocenters. The maximum atomic E-state index is 12.9. The van der Waals surface area contributed by atoms with Crippen LogP contribution in [0.4, 0.5) is 5.69 Å². The lowest BCUT2D eigenvalue weighted by Crippen LogP contribution is -2.41. The van der Waals surface area contributed by atoms with Crippen molar-refractivity contribution < 1.29 is 32.2 Å². The molecule has 0 fully saturated rings. The van der Waals surface area contributed by atoms with Crippen LogP contribution in [0.25, 0.3) is 0 Å². The van der Waals surface area contributed by atoms with E-state index in [0.29, 0.717) is 22.7 Å². The van der Waals surface area contributed by atoms with Crippen molar-refractivity contribution in [2.24, 2.45) is 0 Å². The molecule has 0 aromatic heterocycles. The van der Waals surface area contributed by atoms with Gasteiger partial charge < -0.3 is 19.5 Å². The maximum absolute atomic E-state index is 12.9. The predicted molar refractivity (Wildman–Crippen MR) is 138 cm³/mol. The molecule has 0 aliphatic carbocycles. The highest BCUT2D eigenvalue weighted by molar-refractivity contribution is 7.89. The smallest absolute Gasteiger partial charge is 0.324 e. The molecule has 0 spiro atoms. The number of benzene rings is 3. The number of ether oxygens (including phenoxy) is 3. The Morgan fingerprint density at radius 1 is 0.865 bits per heavy atom. The van der Waals surface area contributed by atoms with Gasteiger partial charge in [-0.25, -0.2) is 8.42 Å². The first-order chi connectivity index (χ1) is 17.8. The number of para-hydroxylation sites is 1. The molecule has 0 saturated heterocycles. The normalized spacial score (nSPS) is 11.4. The third-order valence-electron chi connectivity index (χ3n) is 5.04. The van der Waals surface area contributed by atoms with Gasteiger partial charge in [-0.15, -0.1) is 0 Å². The van der Waals surface area contributed by atoms with Gasteiger partial charge >= 0.3 is 5.97 Å². The van der Waals surface area contributed by atoms with Crippen LogP contribution in [0, 0.1) is 11.8 Å². The SMILES string of the molecule is COC(=O)C(CC#CCOc1ccccc1)NS(=O)(=O)c1ccc(NC(=O)c2ccc(OC)cc2)cc1. The molecule has 10 heteroatoms. The Morgan fingerprint density at radius 2 is 1.54 bits per heavy atom. The molecule has 3 rings (SSSR count). The molecule has 0 saturated carbocycles. The van der Waals surface area contributed by atoms with E-state index < -0.39 is 22.0 Å². The Kier molecular flexibility index (Phi) is 9.66. The fourth-order valence-corrected chi connectivity index (χ4v) is 4.28. The number of hydrogen-bond acceptors (Lipinski definition) is 7. The monoisotopic (exact) mass is 522 g/mol. The van der Waals surface area contributed by atoms with Gasteiger partial charge in [-0.05, 0) is 60.7 Å². The average Bonchev–Trinajstić information content (AvgIpc) is 2.92. The quantitative estimate of drug-likeness (QED) is 0.310. The topological polar surface area (TPSA) is 120 Å². The zero-order chi connectivity index (χ0) is 26.7. The summed E-state index contributed by atoms with van der Waals surface area (Å²) < 4.78 is 43.3. The highest BCUT2D eigenvalue weighted by Crippen LogP contribution is 2.17. The van der Waals surface area contributed by atoms with Gasteiger partial charge in [0.25, 0.3) is 5.91 Å². The summed E-state index contributed by atoms with van der Waals surface area (Å²) in [5.74, 6) is 5.62. The molecule has 2 N–H and O–H groups in total. The van der Waals surface area contributed by atoms with Crippen molar-refractivity contribution >= 4 is 27.6 Å². The summed E-state index contributed by atoms with van der Waals surface area (Å²) >= 11 is 0. The third-order valence-corrected chi connectivity index (χ3v) is 6.53. The van der Waals surface area contributed by atoms with Crippen molar-refractivity contribution in [2.75, 3.05) is 26.1 Å². The molecule has 0 heterocycles. The number of esters is 1. The zero-order valence-electron chi connectivity index (χ0n) is 20.3. The Morgan fingerprint density at radius 3 is 2.16 bits per heavy atom. The van der Waals surface area contributed by atoms with Crippen LogP contribution in [0.2, 0.25) is 0 Å². The number of carbonyl (C=O) groups is 2. The first-order valence-electron chi connectivity index (χ1n) is 11.1. The van der Waals surface area contributed by atoms with Gasteiger partial charge in [-0.2, -0.15) is 4.72 Å². The van der Waals surface area contributed by atoms with Crippen LogP contribution in [0.1, 0.15) is 16.8 Å². The van der Waals surface area contributed by atoms with E-state index in [1.807, 2.05) is 18.2 Å². The van der Waals surface area contributed by atoms with E-state index in [0.717, 1.165) is 7.11 Å². The first-order valence-corrected chi connectivity index (χ1v) is 12.6. The molecule has 0 aliphatic heterocycles. The van der Waals surface area contributed by atoms with Crippen LogP contribution >= 0.6 is 0 Å². The maximum Gasteiger partial charge on any atom is 0.324 e. The van der Waals surface area contributed by atoms with Crippen LogP contribution in [-0.2, 0) is 19.6 Å². The van der Waals surface area contributed by atoms with Crippen molar-refractivity contribution in [3.63, 3.8) is 0 Å². The Balaban J connectivity index is 1.61. The number of rotatable bonds is 10. The number of hydrogen-bond donors (Lipinski definition) is 2. The summed E-state index contributed by atoms with van der Waals surface area (Å²) in [6, 6.07) is 19.9. The minimum atomic E-state index is -4.08. The van der Waals surface area contributed by atoms with Crippen molar-refractivity contribution in [2.45, 2.75) is 17.4 Å². The van der Waals surface area contributed by atoms with Gasteiger partial charge in [0.1, 0.15) is 24.1 Å². The fraction of sp³-hybridized carbons (Fsp3) is 0.185. The van der Waals surface area contributed by atoms with Crippen LogP contribution < -0.4 is 19.5 Å². The number of carbonyl (C=O) groups excluding carboxylic acids is 2. The van der Waals surface area contributed by atoms with Gasteiger partial charge in [0.15, 0.2) is 0 Å². The van der Waals surface area contributed by atoms with Gasteiger partial charge in [-0.3, -0.25) is 9.59 Å². The van der Waals surface area contributed by atoms with Crippen LogP contribution in [0.5, 0.6) is 11.5 Å². The molecule has 3 aromatic carbocycles. The summed E-state index contributed by atoms with van der Waals surface area (Å²) in [6.45, 7) is 0.0777. The van der Waals surface area contributed by atoms with E-state index in [2.05, 4.69) is 21.9 Å². The predicted octanol–water partition coefficient (Wildman–Crippen LogP) is 3.24. The highest BCUT2D eigenvalue weighted by atomic mass is 32.2. The molecular weight excluding hydrogens is 496 g/mol. The number of methoxy groups -OCH3 is 2.